The second-order valence-corrected chi connectivity index (χ2v) is 10.4. The lowest BCUT2D eigenvalue weighted by Crippen LogP contribution is -2.28. The van der Waals surface area contributed by atoms with Gasteiger partial charge in [0, 0.05) is 22.3 Å². The van der Waals surface area contributed by atoms with Crippen LogP contribution >= 0.6 is 0 Å². The Balaban J connectivity index is 1.76. The third-order valence-electron chi connectivity index (χ3n) is 7.76. The predicted molar refractivity (Wildman–Crippen MR) is 169 cm³/mol. The van der Waals surface area contributed by atoms with Crippen molar-refractivity contribution >= 4 is 11.9 Å². The van der Waals surface area contributed by atoms with E-state index in [9.17, 15) is 9.59 Å². The normalized spacial score (nSPS) is 14.7. The third-order valence-corrected chi connectivity index (χ3v) is 7.76. The Morgan fingerprint density at radius 2 is 0.848 bits per heavy atom. The fourth-order valence-electron chi connectivity index (χ4n) is 5.78. The first-order valence-electron chi connectivity index (χ1n) is 14.5. The lowest BCUT2D eigenvalue weighted by molar-refractivity contribution is -0.169. The highest BCUT2D eigenvalue weighted by Crippen LogP contribution is 2.61. The molecule has 10 heteroatoms. The van der Waals surface area contributed by atoms with Crippen molar-refractivity contribution in [3.8, 4) is 45.6 Å². The summed E-state index contributed by atoms with van der Waals surface area (Å²) >= 11 is 0. The van der Waals surface area contributed by atoms with Crippen LogP contribution in [0.3, 0.4) is 0 Å². The van der Waals surface area contributed by atoms with Gasteiger partial charge in [-0.3, -0.25) is 9.59 Å². The Hall–Kier alpha value is -5.38. The maximum Gasteiger partial charge on any atom is 0.311 e. The maximum absolute atomic E-state index is 13.6. The summed E-state index contributed by atoms with van der Waals surface area (Å²) in [7, 11) is 8.95. The summed E-state index contributed by atoms with van der Waals surface area (Å²) in [5.74, 6) is 0.773. The smallest absolute Gasteiger partial charge is 0.311 e. The molecular formula is C36H36O10. The average Bonchev–Trinajstić information content (AvgIpc) is 3.08. The quantitative estimate of drug-likeness (QED) is 0.172. The summed E-state index contributed by atoms with van der Waals surface area (Å²) in [6.07, 6.45) is -2.28. The van der Waals surface area contributed by atoms with Crippen LogP contribution in [-0.2, 0) is 31.9 Å². The van der Waals surface area contributed by atoms with Gasteiger partial charge < -0.3 is 37.9 Å². The van der Waals surface area contributed by atoms with E-state index in [1.807, 2.05) is 60.7 Å². The second-order valence-electron chi connectivity index (χ2n) is 10.4. The van der Waals surface area contributed by atoms with Crippen molar-refractivity contribution in [2.45, 2.75) is 25.0 Å². The van der Waals surface area contributed by atoms with Crippen LogP contribution in [0.2, 0.25) is 0 Å². The van der Waals surface area contributed by atoms with E-state index >= 15 is 0 Å². The van der Waals surface area contributed by atoms with Gasteiger partial charge in [0.1, 0.15) is 0 Å². The molecule has 0 saturated carbocycles. The van der Waals surface area contributed by atoms with E-state index in [0.29, 0.717) is 56.8 Å². The highest BCUT2D eigenvalue weighted by Gasteiger charge is 2.45. The van der Waals surface area contributed by atoms with Crippen molar-refractivity contribution in [2.75, 3.05) is 42.7 Å². The monoisotopic (exact) mass is 628 g/mol. The Kier molecular flexibility index (Phi) is 9.85. The summed E-state index contributed by atoms with van der Waals surface area (Å²) in [4.78, 5) is 27.2. The number of benzene rings is 4. The van der Waals surface area contributed by atoms with E-state index in [1.54, 1.807) is 12.1 Å². The standard InChI is InChI=1S/C36H36O10/c1-39-25-19-23-29(35(43-5)33(25)41-3)30-24(20-26(40-2)34(42-4)36(30)44-6)32(46-28(38)18-22-15-11-8-12-16-22)31(23)45-27(37)17-21-13-9-7-10-14-21/h7-16,19-20,31-32H,17-18H2,1-6H3. The first-order valence-corrected chi connectivity index (χ1v) is 14.5. The maximum atomic E-state index is 13.6. The van der Waals surface area contributed by atoms with Crippen LogP contribution in [0, 0.1) is 0 Å². The summed E-state index contributed by atoms with van der Waals surface area (Å²) in [6.45, 7) is 0. The lowest BCUT2D eigenvalue weighted by atomic mass is 9.79. The fraction of sp³-hybridized carbons (Fsp3) is 0.278. The molecule has 0 N–H and O–H groups in total. The van der Waals surface area contributed by atoms with Crippen LogP contribution in [0.5, 0.6) is 34.5 Å². The molecule has 2 atom stereocenters. The van der Waals surface area contributed by atoms with Gasteiger partial charge in [0.25, 0.3) is 0 Å². The molecule has 0 spiro atoms. The molecule has 0 saturated heterocycles. The van der Waals surface area contributed by atoms with Crippen molar-refractivity contribution in [2.24, 2.45) is 0 Å². The van der Waals surface area contributed by atoms with Crippen molar-refractivity contribution < 1.29 is 47.5 Å². The van der Waals surface area contributed by atoms with E-state index in [2.05, 4.69) is 0 Å². The molecule has 0 aromatic heterocycles. The second kappa shape index (κ2) is 14.2. The SMILES string of the molecule is COc1cc2c(c(OC)c1OC)-c1c(cc(OC)c(OC)c1OC)C(OC(=O)Cc1ccccc1)C2OC(=O)Cc1ccccc1. The minimum absolute atomic E-state index is 0.0100. The van der Waals surface area contributed by atoms with Crippen molar-refractivity contribution in [1.29, 1.82) is 0 Å². The highest BCUT2D eigenvalue weighted by atomic mass is 16.6. The number of hydrogen-bond acceptors (Lipinski definition) is 10. The first kappa shape index (κ1) is 32.0. The average molecular weight is 629 g/mol. The van der Waals surface area contributed by atoms with Crippen LogP contribution in [0.4, 0.5) is 0 Å². The predicted octanol–water partition coefficient (Wildman–Crippen LogP) is 6.07. The molecule has 4 aromatic rings. The molecule has 0 radical (unpaired) electrons. The van der Waals surface area contributed by atoms with E-state index < -0.39 is 24.1 Å². The zero-order valence-corrected chi connectivity index (χ0v) is 26.6. The lowest BCUT2D eigenvalue weighted by Gasteiger charge is -2.37. The number of carbonyl (C=O) groups is 2. The number of esters is 2. The number of rotatable bonds is 12. The van der Waals surface area contributed by atoms with Gasteiger partial charge in [-0.05, 0) is 23.3 Å². The Labute approximate surface area is 267 Å². The van der Waals surface area contributed by atoms with Crippen LogP contribution < -0.4 is 28.4 Å². The molecule has 0 heterocycles. The van der Waals surface area contributed by atoms with Gasteiger partial charge in [0.15, 0.2) is 35.2 Å². The summed E-state index contributed by atoms with van der Waals surface area (Å²) in [6, 6.07) is 21.8. The molecule has 2 unspecified atom stereocenters. The number of fused-ring (bicyclic) bond motifs is 3. The van der Waals surface area contributed by atoms with Gasteiger partial charge in [0.2, 0.25) is 11.5 Å². The van der Waals surface area contributed by atoms with Gasteiger partial charge in [-0.2, -0.15) is 0 Å². The van der Waals surface area contributed by atoms with E-state index in [0.717, 1.165) is 11.1 Å². The molecular weight excluding hydrogens is 592 g/mol. The summed E-state index contributed by atoms with van der Waals surface area (Å²) in [5.41, 5.74) is 3.40. The molecule has 5 rings (SSSR count). The fourth-order valence-corrected chi connectivity index (χ4v) is 5.78. The Morgan fingerprint density at radius 3 is 1.15 bits per heavy atom. The van der Waals surface area contributed by atoms with Gasteiger partial charge in [-0.15, -0.1) is 0 Å². The summed E-state index contributed by atoms with van der Waals surface area (Å²) in [5, 5.41) is 0. The zero-order chi connectivity index (χ0) is 32.8. The topological polar surface area (TPSA) is 108 Å². The minimum atomic E-state index is -1.13. The molecule has 46 heavy (non-hydrogen) atoms. The molecule has 4 aromatic carbocycles. The van der Waals surface area contributed by atoms with E-state index in [-0.39, 0.29) is 12.8 Å². The van der Waals surface area contributed by atoms with Gasteiger partial charge in [-0.1, -0.05) is 60.7 Å². The summed E-state index contributed by atoms with van der Waals surface area (Å²) < 4.78 is 47.2. The van der Waals surface area contributed by atoms with Crippen molar-refractivity contribution in [1.82, 2.24) is 0 Å². The van der Waals surface area contributed by atoms with Crippen molar-refractivity contribution in [3.63, 3.8) is 0 Å². The van der Waals surface area contributed by atoms with Gasteiger partial charge >= 0.3 is 11.9 Å². The molecule has 1 aliphatic rings. The highest BCUT2D eigenvalue weighted by molar-refractivity contribution is 5.91. The number of hydrogen-bond donors (Lipinski definition) is 0. The van der Waals surface area contributed by atoms with Gasteiger partial charge in [0.05, 0.1) is 55.5 Å². The number of ether oxygens (including phenoxy) is 8. The molecule has 0 fully saturated rings. The zero-order valence-electron chi connectivity index (χ0n) is 26.6. The molecule has 0 amide bonds. The molecule has 0 bridgehead atoms. The molecule has 1 aliphatic carbocycles. The minimum Gasteiger partial charge on any atom is -0.493 e. The van der Waals surface area contributed by atoms with E-state index in [4.69, 9.17) is 37.9 Å². The Bertz CT molecular complexity index is 1570. The third kappa shape index (κ3) is 6.10. The van der Waals surface area contributed by atoms with Crippen LogP contribution in [0.25, 0.3) is 11.1 Å². The Morgan fingerprint density at radius 1 is 0.500 bits per heavy atom. The molecule has 10 nitrogen and oxygen atoms in total. The van der Waals surface area contributed by atoms with Crippen LogP contribution in [-0.4, -0.2) is 54.6 Å². The van der Waals surface area contributed by atoms with Crippen molar-refractivity contribution in [3.05, 3.63) is 95.1 Å². The number of carbonyl (C=O) groups excluding carboxylic acids is 2. The van der Waals surface area contributed by atoms with Crippen LogP contribution in [0.15, 0.2) is 72.8 Å². The van der Waals surface area contributed by atoms with Gasteiger partial charge in [-0.25, -0.2) is 0 Å². The van der Waals surface area contributed by atoms with Crippen LogP contribution in [0.1, 0.15) is 34.5 Å². The molecule has 0 aliphatic heterocycles. The largest absolute Gasteiger partial charge is 0.493 e. The molecule has 240 valence electrons. The van der Waals surface area contributed by atoms with E-state index in [1.165, 1.54) is 42.7 Å². The number of methoxy groups -OCH3 is 6. The first-order chi connectivity index (χ1) is 22.4.